The number of carbonyl (C=O) groups excluding carboxylic acids is 1. The fourth-order valence-corrected chi connectivity index (χ4v) is 3.31. The quantitative estimate of drug-likeness (QED) is 0.814. The van der Waals surface area contributed by atoms with Gasteiger partial charge in [-0.1, -0.05) is 0 Å². The van der Waals surface area contributed by atoms with Crippen LogP contribution in [0.2, 0.25) is 0 Å². The predicted molar refractivity (Wildman–Crippen MR) is 91.9 cm³/mol. The summed E-state index contributed by atoms with van der Waals surface area (Å²) in [6.45, 7) is 4.17. The smallest absolute Gasteiger partial charge is 0.323 e. The highest BCUT2D eigenvalue weighted by Gasteiger charge is 2.13. The molecule has 0 radical (unpaired) electrons. The molecule has 3 N–H and O–H groups in total. The van der Waals surface area contributed by atoms with E-state index in [1.165, 1.54) is 17.2 Å². The standard InChI is InChI=1S/C15H19N5OS/c1-11-8-13(20-4-6-22-7-5-20)2-3-14(11)19-15(21)18-12-9-16-17-10-12/h2-3,8-10H,4-7H2,1H3,(H,16,17)(H2,18,19,21). The lowest BCUT2D eigenvalue weighted by molar-refractivity contribution is 0.262. The van der Waals surface area contributed by atoms with Crippen LogP contribution in [0.4, 0.5) is 21.9 Å². The van der Waals surface area contributed by atoms with Crippen molar-refractivity contribution in [1.82, 2.24) is 10.2 Å². The first-order chi connectivity index (χ1) is 10.7. The molecule has 0 saturated carbocycles. The van der Waals surface area contributed by atoms with Crippen molar-refractivity contribution in [1.29, 1.82) is 0 Å². The van der Waals surface area contributed by atoms with Crippen molar-refractivity contribution >= 4 is 34.9 Å². The van der Waals surface area contributed by atoms with Crippen molar-refractivity contribution in [2.24, 2.45) is 0 Å². The minimum Gasteiger partial charge on any atom is -0.370 e. The Bertz CT molecular complexity index is 637. The Morgan fingerprint density at radius 2 is 2.14 bits per heavy atom. The van der Waals surface area contributed by atoms with Crippen LogP contribution in [0.15, 0.2) is 30.6 Å². The molecular weight excluding hydrogens is 298 g/mol. The first kappa shape index (κ1) is 14.8. The zero-order chi connectivity index (χ0) is 15.4. The van der Waals surface area contributed by atoms with Crippen LogP contribution in [0.25, 0.3) is 0 Å². The molecule has 0 aliphatic carbocycles. The number of benzene rings is 1. The molecule has 3 rings (SSSR count). The lowest BCUT2D eigenvalue weighted by atomic mass is 10.1. The minimum absolute atomic E-state index is 0.272. The number of urea groups is 1. The van der Waals surface area contributed by atoms with Gasteiger partial charge in [-0.15, -0.1) is 0 Å². The first-order valence-electron chi connectivity index (χ1n) is 7.22. The second-order valence-corrected chi connectivity index (χ2v) is 6.39. The van der Waals surface area contributed by atoms with Crippen LogP contribution in [0.5, 0.6) is 0 Å². The Morgan fingerprint density at radius 1 is 1.32 bits per heavy atom. The van der Waals surface area contributed by atoms with Gasteiger partial charge in [0, 0.05) is 42.2 Å². The van der Waals surface area contributed by atoms with Crippen molar-refractivity contribution in [3.63, 3.8) is 0 Å². The molecule has 1 aliphatic heterocycles. The number of amides is 2. The fourth-order valence-electron chi connectivity index (χ4n) is 2.41. The third-order valence-corrected chi connectivity index (χ3v) is 4.53. The molecule has 2 aromatic rings. The summed E-state index contributed by atoms with van der Waals surface area (Å²) in [5.41, 5.74) is 3.73. The number of H-pyrrole nitrogens is 1. The van der Waals surface area contributed by atoms with E-state index in [0.717, 1.165) is 24.3 Å². The number of rotatable bonds is 3. The molecule has 0 spiro atoms. The van der Waals surface area contributed by atoms with Crippen molar-refractivity contribution in [3.8, 4) is 0 Å². The van der Waals surface area contributed by atoms with Gasteiger partial charge in [0.15, 0.2) is 0 Å². The average molecular weight is 317 g/mol. The number of aryl methyl sites for hydroxylation is 1. The van der Waals surface area contributed by atoms with Gasteiger partial charge in [-0.3, -0.25) is 5.10 Å². The third-order valence-electron chi connectivity index (χ3n) is 3.59. The normalized spacial score (nSPS) is 14.7. The highest BCUT2D eigenvalue weighted by atomic mass is 32.2. The van der Waals surface area contributed by atoms with E-state index in [9.17, 15) is 4.79 Å². The molecule has 22 heavy (non-hydrogen) atoms. The Labute approximate surface area is 133 Å². The second kappa shape index (κ2) is 6.74. The zero-order valence-electron chi connectivity index (χ0n) is 12.4. The van der Waals surface area contributed by atoms with Gasteiger partial charge in [0.1, 0.15) is 0 Å². The Balaban J connectivity index is 1.65. The van der Waals surface area contributed by atoms with Gasteiger partial charge in [0.2, 0.25) is 0 Å². The first-order valence-corrected chi connectivity index (χ1v) is 8.38. The molecule has 2 amide bonds. The topological polar surface area (TPSA) is 73.1 Å². The number of anilines is 3. The maximum absolute atomic E-state index is 11.9. The van der Waals surface area contributed by atoms with Crippen molar-refractivity contribution < 1.29 is 4.79 Å². The molecule has 6 nitrogen and oxygen atoms in total. The largest absolute Gasteiger partial charge is 0.370 e. The molecule has 0 unspecified atom stereocenters. The number of hydrogen-bond acceptors (Lipinski definition) is 4. The molecule has 0 bridgehead atoms. The van der Waals surface area contributed by atoms with Crippen LogP contribution >= 0.6 is 11.8 Å². The molecule has 1 aromatic heterocycles. The molecule has 2 heterocycles. The number of carbonyl (C=O) groups is 1. The van der Waals surface area contributed by atoms with Gasteiger partial charge >= 0.3 is 6.03 Å². The lowest BCUT2D eigenvalue weighted by Gasteiger charge is -2.29. The SMILES string of the molecule is Cc1cc(N2CCSCC2)ccc1NC(=O)Nc1cn[nH]c1. The number of hydrogen-bond donors (Lipinski definition) is 3. The van der Waals surface area contributed by atoms with Gasteiger partial charge in [-0.25, -0.2) is 4.79 Å². The maximum Gasteiger partial charge on any atom is 0.323 e. The van der Waals surface area contributed by atoms with Crippen LogP contribution in [0.3, 0.4) is 0 Å². The van der Waals surface area contributed by atoms with E-state index < -0.39 is 0 Å². The Morgan fingerprint density at radius 3 is 2.82 bits per heavy atom. The van der Waals surface area contributed by atoms with E-state index in [2.05, 4.69) is 37.9 Å². The number of aromatic amines is 1. The maximum atomic E-state index is 11.9. The number of nitrogens with one attached hydrogen (secondary N) is 3. The number of nitrogens with zero attached hydrogens (tertiary/aromatic N) is 2. The van der Waals surface area contributed by atoms with E-state index in [0.29, 0.717) is 5.69 Å². The average Bonchev–Trinajstić information content (AvgIpc) is 3.03. The van der Waals surface area contributed by atoms with E-state index >= 15 is 0 Å². The molecule has 1 fully saturated rings. The Kier molecular flexibility index (Phi) is 4.53. The van der Waals surface area contributed by atoms with E-state index in [4.69, 9.17) is 0 Å². The summed E-state index contributed by atoms with van der Waals surface area (Å²) in [5, 5.41) is 12.0. The molecule has 1 aliphatic rings. The summed E-state index contributed by atoms with van der Waals surface area (Å²) in [5.74, 6) is 2.35. The highest BCUT2D eigenvalue weighted by Crippen LogP contribution is 2.25. The molecule has 1 saturated heterocycles. The van der Waals surface area contributed by atoms with Crippen molar-refractivity contribution in [2.45, 2.75) is 6.92 Å². The van der Waals surface area contributed by atoms with Crippen LogP contribution < -0.4 is 15.5 Å². The summed E-state index contributed by atoms with van der Waals surface area (Å²) in [4.78, 5) is 14.3. The van der Waals surface area contributed by atoms with Crippen molar-refractivity contribution in [3.05, 3.63) is 36.2 Å². The highest BCUT2D eigenvalue weighted by molar-refractivity contribution is 7.99. The molecule has 0 atom stereocenters. The second-order valence-electron chi connectivity index (χ2n) is 5.16. The molecular formula is C15H19N5OS. The fraction of sp³-hybridized carbons (Fsp3) is 0.333. The molecule has 116 valence electrons. The lowest BCUT2D eigenvalue weighted by Crippen LogP contribution is -2.32. The summed E-state index contributed by atoms with van der Waals surface area (Å²) in [7, 11) is 0. The summed E-state index contributed by atoms with van der Waals surface area (Å²) >= 11 is 2.00. The van der Waals surface area contributed by atoms with Gasteiger partial charge in [-0.2, -0.15) is 16.9 Å². The molecule has 1 aromatic carbocycles. The van der Waals surface area contributed by atoms with Gasteiger partial charge in [0.25, 0.3) is 0 Å². The monoisotopic (exact) mass is 317 g/mol. The van der Waals surface area contributed by atoms with Crippen LogP contribution in [0.1, 0.15) is 5.56 Å². The van der Waals surface area contributed by atoms with E-state index in [1.807, 2.05) is 24.8 Å². The minimum atomic E-state index is -0.272. The number of aromatic nitrogens is 2. The van der Waals surface area contributed by atoms with Crippen LogP contribution in [0, 0.1) is 6.92 Å². The number of thioether (sulfide) groups is 1. The van der Waals surface area contributed by atoms with E-state index in [-0.39, 0.29) is 6.03 Å². The molecule has 7 heteroatoms. The summed E-state index contributed by atoms with van der Waals surface area (Å²) in [6.07, 6.45) is 3.19. The third kappa shape index (κ3) is 3.54. The van der Waals surface area contributed by atoms with Crippen LogP contribution in [-0.4, -0.2) is 40.8 Å². The van der Waals surface area contributed by atoms with Gasteiger partial charge < -0.3 is 15.5 Å². The predicted octanol–water partition coefficient (Wildman–Crippen LogP) is 2.92. The van der Waals surface area contributed by atoms with Gasteiger partial charge in [-0.05, 0) is 30.7 Å². The van der Waals surface area contributed by atoms with Crippen molar-refractivity contribution in [2.75, 3.05) is 40.1 Å². The summed E-state index contributed by atoms with van der Waals surface area (Å²) < 4.78 is 0. The Hall–Kier alpha value is -2.15. The van der Waals surface area contributed by atoms with E-state index in [1.54, 1.807) is 12.4 Å². The van der Waals surface area contributed by atoms with Gasteiger partial charge in [0.05, 0.1) is 11.9 Å². The zero-order valence-corrected chi connectivity index (χ0v) is 13.2. The summed E-state index contributed by atoms with van der Waals surface area (Å²) in [6, 6.07) is 5.88. The van der Waals surface area contributed by atoms with Crippen LogP contribution in [-0.2, 0) is 0 Å².